The Morgan fingerprint density at radius 3 is 2.60 bits per heavy atom. The van der Waals surface area contributed by atoms with Crippen LogP contribution in [-0.2, 0) is 15.2 Å². The van der Waals surface area contributed by atoms with E-state index >= 15 is 0 Å². The van der Waals surface area contributed by atoms with Crippen molar-refractivity contribution in [3.05, 3.63) is 83.4 Å². The van der Waals surface area contributed by atoms with Crippen LogP contribution in [0.3, 0.4) is 0 Å². The average Bonchev–Trinajstić information content (AvgIpc) is 3.07. The number of hydroxylamine groups is 1. The van der Waals surface area contributed by atoms with Crippen LogP contribution in [0, 0.1) is 5.82 Å². The van der Waals surface area contributed by atoms with Crippen molar-refractivity contribution in [2.75, 3.05) is 7.05 Å². The number of halogens is 1. The molecule has 3 N–H and O–H groups in total. The van der Waals surface area contributed by atoms with Crippen LogP contribution in [0.1, 0.15) is 23.7 Å². The molecule has 25 heavy (non-hydrogen) atoms. The fourth-order valence-electron chi connectivity index (χ4n) is 2.88. The van der Waals surface area contributed by atoms with Gasteiger partial charge in [-0.1, -0.05) is 48.5 Å². The minimum absolute atomic E-state index is 0.151. The van der Waals surface area contributed by atoms with Gasteiger partial charge in [0.15, 0.2) is 5.54 Å². The van der Waals surface area contributed by atoms with Crippen LogP contribution in [0.4, 0.5) is 4.39 Å². The summed E-state index contributed by atoms with van der Waals surface area (Å²) in [5.74, 6) is -0.617. The Kier molecular flexibility index (Phi) is 4.83. The summed E-state index contributed by atoms with van der Waals surface area (Å²) in [5.41, 5.74) is 2.03. The molecule has 0 fully saturated rings. The van der Waals surface area contributed by atoms with E-state index in [9.17, 15) is 14.3 Å². The second-order valence-corrected chi connectivity index (χ2v) is 5.81. The Labute approximate surface area is 145 Å². The van der Waals surface area contributed by atoms with Crippen LogP contribution in [0.25, 0.3) is 0 Å². The molecule has 0 saturated carbocycles. The predicted octanol–water partition coefficient (Wildman–Crippen LogP) is 2.31. The van der Waals surface area contributed by atoms with Gasteiger partial charge in [0.05, 0.1) is 6.10 Å². The fourth-order valence-corrected chi connectivity index (χ4v) is 2.88. The van der Waals surface area contributed by atoms with Gasteiger partial charge in [0, 0.05) is 19.0 Å². The summed E-state index contributed by atoms with van der Waals surface area (Å²) in [6, 6.07) is 15.1. The van der Waals surface area contributed by atoms with Gasteiger partial charge in [0.2, 0.25) is 0 Å². The molecule has 130 valence electrons. The van der Waals surface area contributed by atoms with E-state index in [-0.39, 0.29) is 12.0 Å². The van der Waals surface area contributed by atoms with Crippen LogP contribution in [0.5, 0.6) is 0 Å². The fraction of sp³-hybridized carbons (Fsp3) is 0.211. The third-order valence-corrected chi connectivity index (χ3v) is 4.18. The van der Waals surface area contributed by atoms with E-state index in [1.54, 1.807) is 24.3 Å². The zero-order chi connectivity index (χ0) is 17.9. The van der Waals surface area contributed by atoms with Gasteiger partial charge in [-0.05, 0) is 17.7 Å². The Balaban J connectivity index is 1.92. The van der Waals surface area contributed by atoms with E-state index < -0.39 is 23.4 Å². The monoisotopic (exact) mass is 342 g/mol. The molecule has 2 aromatic carbocycles. The second kappa shape index (κ2) is 7.04. The molecule has 6 heteroatoms. The van der Waals surface area contributed by atoms with Crippen molar-refractivity contribution in [1.82, 2.24) is 10.8 Å². The summed E-state index contributed by atoms with van der Waals surface area (Å²) in [4.78, 5) is 17.9. The highest BCUT2D eigenvalue weighted by Gasteiger charge is 2.45. The van der Waals surface area contributed by atoms with Crippen LogP contribution < -0.4 is 10.8 Å². The van der Waals surface area contributed by atoms with E-state index in [2.05, 4.69) is 10.8 Å². The van der Waals surface area contributed by atoms with Crippen LogP contribution in [-0.4, -0.2) is 18.1 Å². The van der Waals surface area contributed by atoms with Crippen molar-refractivity contribution in [3.63, 3.8) is 0 Å². The molecule has 3 rings (SSSR count). The van der Waals surface area contributed by atoms with E-state index in [0.29, 0.717) is 5.76 Å². The largest absolute Gasteiger partial charge is 0.412 e. The van der Waals surface area contributed by atoms with Crippen molar-refractivity contribution in [1.29, 1.82) is 0 Å². The number of hydrogen-bond acceptors (Lipinski definition) is 4. The first-order valence-corrected chi connectivity index (χ1v) is 7.93. The molecule has 1 aliphatic rings. The summed E-state index contributed by atoms with van der Waals surface area (Å²) < 4.78 is 14.3. The lowest BCUT2D eigenvalue weighted by atomic mass is 9.88. The van der Waals surface area contributed by atoms with Crippen molar-refractivity contribution < 1.29 is 19.1 Å². The topological polar surface area (TPSA) is 70.6 Å². The standard InChI is InChI=1S/C19H19FN2O3/c1-21-18(24)19(15-9-5-6-10-16(15)20)12-14(25-22-19)11-17(23)13-7-3-2-4-8-13/h2-10,12,17,22-23H,11H2,1H3,(H,21,24). The predicted molar refractivity (Wildman–Crippen MR) is 90.5 cm³/mol. The average molecular weight is 342 g/mol. The lowest BCUT2D eigenvalue weighted by Crippen LogP contribution is -2.49. The summed E-state index contributed by atoms with van der Waals surface area (Å²) in [6.07, 6.45) is 0.871. The zero-order valence-electron chi connectivity index (χ0n) is 13.7. The van der Waals surface area contributed by atoms with Gasteiger partial charge in [-0.25, -0.2) is 4.39 Å². The molecule has 1 amide bonds. The molecule has 5 nitrogen and oxygen atoms in total. The smallest absolute Gasteiger partial charge is 0.252 e. The number of benzene rings is 2. The van der Waals surface area contributed by atoms with Crippen molar-refractivity contribution in [2.24, 2.45) is 0 Å². The quantitative estimate of drug-likeness (QED) is 0.780. The molecule has 0 spiro atoms. The number of carbonyl (C=O) groups is 1. The molecule has 1 aliphatic heterocycles. The van der Waals surface area contributed by atoms with Gasteiger partial charge >= 0.3 is 0 Å². The number of hydrogen-bond donors (Lipinski definition) is 3. The lowest BCUT2D eigenvalue weighted by Gasteiger charge is -2.24. The molecule has 1 heterocycles. The SMILES string of the molecule is CNC(=O)C1(c2ccccc2F)C=C(CC(O)c2ccccc2)ON1. The molecule has 2 atom stereocenters. The molecule has 2 aromatic rings. The summed E-state index contributed by atoms with van der Waals surface area (Å²) in [7, 11) is 1.47. The van der Waals surface area contributed by atoms with Gasteiger partial charge in [0.25, 0.3) is 5.91 Å². The Bertz CT molecular complexity index is 794. The number of aliphatic hydroxyl groups excluding tert-OH is 1. The van der Waals surface area contributed by atoms with Crippen molar-refractivity contribution in [2.45, 2.75) is 18.1 Å². The highest BCUT2D eigenvalue weighted by atomic mass is 19.1. The number of nitrogens with one attached hydrogen (secondary N) is 2. The van der Waals surface area contributed by atoms with Crippen LogP contribution >= 0.6 is 0 Å². The number of amides is 1. The van der Waals surface area contributed by atoms with E-state index in [4.69, 9.17) is 4.84 Å². The number of likely N-dealkylation sites (N-methyl/N-ethyl adjacent to an activating group) is 1. The first-order chi connectivity index (χ1) is 12.1. The van der Waals surface area contributed by atoms with Crippen LogP contribution in [0.2, 0.25) is 0 Å². The Hall–Kier alpha value is -2.70. The van der Waals surface area contributed by atoms with E-state index in [1.807, 2.05) is 18.2 Å². The summed E-state index contributed by atoms with van der Waals surface area (Å²) in [6.45, 7) is 0. The lowest BCUT2D eigenvalue weighted by molar-refractivity contribution is -0.128. The molecule has 0 radical (unpaired) electrons. The van der Waals surface area contributed by atoms with Crippen LogP contribution in [0.15, 0.2) is 66.4 Å². The minimum Gasteiger partial charge on any atom is -0.412 e. The molecule has 0 bridgehead atoms. The van der Waals surface area contributed by atoms with Crippen molar-refractivity contribution in [3.8, 4) is 0 Å². The maximum absolute atomic E-state index is 14.3. The zero-order valence-corrected chi connectivity index (χ0v) is 13.7. The first kappa shape index (κ1) is 17.1. The normalized spacial score (nSPS) is 20.5. The van der Waals surface area contributed by atoms with Gasteiger partial charge in [-0.3, -0.25) is 4.79 Å². The van der Waals surface area contributed by atoms with Gasteiger partial charge in [-0.2, -0.15) is 0 Å². The second-order valence-electron chi connectivity index (χ2n) is 5.81. The minimum atomic E-state index is -1.48. The molecular weight excluding hydrogens is 323 g/mol. The first-order valence-electron chi connectivity index (χ1n) is 7.93. The van der Waals surface area contributed by atoms with E-state index in [1.165, 1.54) is 25.3 Å². The maximum Gasteiger partial charge on any atom is 0.252 e. The van der Waals surface area contributed by atoms with Crippen molar-refractivity contribution >= 4 is 5.91 Å². The number of aliphatic hydroxyl groups is 1. The number of carbonyl (C=O) groups excluding carboxylic acids is 1. The highest BCUT2D eigenvalue weighted by Crippen LogP contribution is 2.34. The van der Waals surface area contributed by atoms with Gasteiger partial charge < -0.3 is 15.3 Å². The van der Waals surface area contributed by atoms with Gasteiger partial charge in [-0.15, -0.1) is 5.48 Å². The molecule has 0 saturated heterocycles. The highest BCUT2D eigenvalue weighted by molar-refractivity contribution is 5.90. The Morgan fingerprint density at radius 1 is 1.24 bits per heavy atom. The summed E-state index contributed by atoms with van der Waals surface area (Å²) >= 11 is 0. The maximum atomic E-state index is 14.3. The van der Waals surface area contributed by atoms with Gasteiger partial charge in [0.1, 0.15) is 11.6 Å². The molecule has 2 unspecified atom stereocenters. The van der Waals surface area contributed by atoms with E-state index in [0.717, 1.165) is 5.56 Å². The third kappa shape index (κ3) is 3.26. The molecule has 0 aliphatic carbocycles. The molecular formula is C19H19FN2O3. The number of rotatable bonds is 5. The molecule has 0 aromatic heterocycles. The Morgan fingerprint density at radius 2 is 1.92 bits per heavy atom. The summed E-state index contributed by atoms with van der Waals surface area (Å²) in [5, 5.41) is 12.9. The third-order valence-electron chi connectivity index (χ3n) is 4.18.